The van der Waals surface area contributed by atoms with E-state index >= 15 is 0 Å². The molecule has 2 rings (SSSR count). The molecule has 0 spiro atoms. The van der Waals surface area contributed by atoms with E-state index in [-0.39, 0.29) is 5.91 Å². The van der Waals surface area contributed by atoms with Gasteiger partial charge in [0.2, 0.25) is 0 Å². The fraction of sp³-hybridized carbons (Fsp3) is 0.182. The largest absolute Gasteiger partial charge is 0.368 e. The summed E-state index contributed by atoms with van der Waals surface area (Å²) >= 11 is 0. The molecule has 1 aromatic carbocycles. The Kier molecular flexibility index (Phi) is 1.89. The van der Waals surface area contributed by atoms with E-state index in [1.165, 1.54) is 6.08 Å². The van der Waals surface area contributed by atoms with Gasteiger partial charge < -0.3 is 10.4 Å². The molecule has 1 atom stereocenters. The van der Waals surface area contributed by atoms with Gasteiger partial charge in [0.05, 0.1) is 0 Å². The fourth-order valence-corrected chi connectivity index (χ4v) is 1.51. The first-order chi connectivity index (χ1) is 6.58. The van der Waals surface area contributed by atoms with Gasteiger partial charge in [-0.1, -0.05) is 30.3 Å². The van der Waals surface area contributed by atoms with Crippen LogP contribution in [0.4, 0.5) is 0 Å². The highest BCUT2D eigenvalue weighted by molar-refractivity contribution is 6.22. The summed E-state index contributed by atoms with van der Waals surface area (Å²) in [6.45, 7) is 1.54. The maximum absolute atomic E-state index is 11.5. The summed E-state index contributed by atoms with van der Waals surface area (Å²) in [7, 11) is 0. The maximum atomic E-state index is 11.5. The van der Waals surface area contributed by atoms with E-state index in [1.54, 1.807) is 6.92 Å². The van der Waals surface area contributed by atoms with Crippen molar-refractivity contribution >= 4 is 11.5 Å². The van der Waals surface area contributed by atoms with Crippen LogP contribution < -0.4 is 5.32 Å². The Labute approximate surface area is 82.1 Å². The minimum absolute atomic E-state index is 0.235. The van der Waals surface area contributed by atoms with Crippen molar-refractivity contribution in [2.75, 3.05) is 0 Å². The number of rotatable bonds is 1. The molecule has 2 N–H and O–H groups in total. The first-order valence-corrected chi connectivity index (χ1v) is 4.42. The van der Waals surface area contributed by atoms with Crippen molar-refractivity contribution in [3.63, 3.8) is 0 Å². The van der Waals surface area contributed by atoms with Crippen LogP contribution in [0, 0.1) is 0 Å². The van der Waals surface area contributed by atoms with Crippen LogP contribution in [0.1, 0.15) is 12.5 Å². The van der Waals surface area contributed by atoms with Gasteiger partial charge in [0.25, 0.3) is 5.91 Å². The number of aliphatic hydroxyl groups is 1. The number of nitrogens with one attached hydrogen (secondary N) is 1. The maximum Gasteiger partial charge on any atom is 0.254 e. The Hall–Kier alpha value is -1.61. The van der Waals surface area contributed by atoms with E-state index in [0.29, 0.717) is 5.57 Å². The normalized spacial score (nSPS) is 25.9. The molecule has 3 nitrogen and oxygen atoms in total. The van der Waals surface area contributed by atoms with Gasteiger partial charge in [-0.2, -0.15) is 0 Å². The van der Waals surface area contributed by atoms with Crippen LogP contribution in [0.2, 0.25) is 0 Å². The molecule has 0 aliphatic carbocycles. The lowest BCUT2D eigenvalue weighted by Crippen LogP contribution is -2.38. The molecule has 1 amide bonds. The minimum Gasteiger partial charge on any atom is -0.368 e. The van der Waals surface area contributed by atoms with Crippen LogP contribution in [0.15, 0.2) is 36.4 Å². The number of amides is 1. The van der Waals surface area contributed by atoms with E-state index in [1.807, 2.05) is 30.3 Å². The van der Waals surface area contributed by atoms with Gasteiger partial charge in [0.15, 0.2) is 5.72 Å². The van der Waals surface area contributed by atoms with Crippen LogP contribution in [-0.4, -0.2) is 16.7 Å². The van der Waals surface area contributed by atoms with Crippen molar-refractivity contribution in [3.05, 3.63) is 42.0 Å². The summed E-state index contributed by atoms with van der Waals surface area (Å²) in [5.41, 5.74) is 0.126. The summed E-state index contributed by atoms with van der Waals surface area (Å²) in [4.78, 5) is 11.5. The van der Waals surface area contributed by atoms with Gasteiger partial charge in [-0.3, -0.25) is 4.79 Å². The predicted molar refractivity (Wildman–Crippen MR) is 53.2 cm³/mol. The summed E-state index contributed by atoms with van der Waals surface area (Å²) < 4.78 is 0. The lowest BCUT2D eigenvalue weighted by Gasteiger charge is -2.12. The fourth-order valence-electron chi connectivity index (χ4n) is 1.51. The van der Waals surface area contributed by atoms with E-state index in [0.717, 1.165) is 5.56 Å². The topological polar surface area (TPSA) is 49.3 Å². The Morgan fingerprint density at radius 1 is 1.29 bits per heavy atom. The number of hydrogen-bond donors (Lipinski definition) is 2. The molecule has 1 heterocycles. The molecule has 72 valence electrons. The van der Waals surface area contributed by atoms with E-state index < -0.39 is 5.72 Å². The van der Waals surface area contributed by atoms with Crippen molar-refractivity contribution < 1.29 is 9.90 Å². The van der Waals surface area contributed by atoms with Crippen molar-refractivity contribution in [3.8, 4) is 0 Å². The molecule has 1 aromatic rings. The first-order valence-electron chi connectivity index (χ1n) is 4.42. The Morgan fingerprint density at radius 3 is 2.43 bits per heavy atom. The van der Waals surface area contributed by atoms with Crippen LogP contribution in [0.3, 0.4) is 0 Å². The molecule has 0 saturated heterocycles. The molecule has 14 heavy (non-hydrogen) atoms. The second kappa shape index (κ2) is 2.96. The third kappa shape index (κ3) is 1.54. The second-order valence-corrected chi connectivity index (χ2v) is 3.53. The summed E-state index contributed by atoms with van der Waals surface area (Å²) in [6.07, 6.45) is 1.53. The van der Waals surface area contributed by atoms with Crippen molar-refractivity contribution in [1.82, 2.24) is 5.32 Å². The highest BCUT2D eigenvalue weighted by Crippen LogP contribution is 2.23. The van der Waals surface area contributed by atoms with Gasteiger partial charge in [0.1, 0.15) is 0 Å². The zero-order valence-corrected chi connectivity index (χ0v) is 7.82. The molecule has 1 aliphatic heterocycles. The van der Waals surface area contributed by atoms with Crippen molar-refractivity contribution in [2.24, 2.45) is 0 Å². The van der Waals surface area contributed by atoms with Crippen molar-refractivity contribution in [2.45, 2.75) is 12.6 Å². The number of carbonyl (C=O) groups is 1. The third-order valence-corrected chi connectivity index (χ3v) is 2.12. The molecular weight excluding hydrogens is 178 g/mol. The number of carbonyl (C=O) groups excluding carboxylic acids is 1. The number of hydrogen-bond acceptors (Lipinski definition) is 2. The second-order valence-electron chi connectivity index (χ2n) is 3.53. The van der Waals surface area contributed by atoms with E-state index in [2.05, 4.69) is 5.32 Å². The average molecular weight is 189 g/mol. The van der Waals surface area contributed by atoms with Crippen LogP contribution in [-0.2, 0) is 4.79 Å². The molecule has 0 radical (unpaired) electrons. The molecule has 3 heteroatoms. The highest BCUT2D eigenvalue weighted by Gasteiger charge is 2.31. The molecule has 1 aliphatic rings. The zero-order chi connectivity index (χ0) is 10.2. The standard InChI is InChI=1S/C11H11NO2/c1-11(14)7-9(10(13)12-11)8-5-3-2-4-6-8/h2-7,14H,1H3,(H,12,13). The van der Waals surface area contributed by atoms with Crippen LogP contribution in [0.5, 0.6) is 0 Å². The minimum atomic E-state index is -1.22. The highest BCUT2D eigenvalue weighted by atomic mass is 16.3. The monoisotopic (exact) mass is 189 g/mol. The van der Waals surface area contributed by atoms with Crippen LogP contribution in [0.25, 0.3) is 5.57 Å². The SMILES string of the molecule is CC1(O)C=C(c2ccccc2)C(=O)N1. The third-order valence-electron chi connectivity index (χ3n) is 2.12. The summed E-state index contributed by atoms with van der Waals surface area (Å²) in [5, 5.41) is 12.1. The lowest BCUT2D eigenvalue weighted by molar-refractivity contribution is -0.118. The Bertz CT molecular complexity index is 393. The zero-order valence-electron chi connectivity index (χ0n) is 7.82. The Morgan fingerprint density at radius 2 is 1.93 bits per heavy atom. The van der Waals surface area contributed by atoms with E-state index in [9.17, 15) is 9.90 Å². The van der Waals surface area contributed by atoms with E-state index in [4.69, 9.17) is 0 Å². The average Bonchev–Trinajstić information content (AvgIpc) is 2.41. The van der Waals surface area contributed by atoms with Gasteiger partial charge in [-0.15, -0.1) is 0 Å². The molecule has 1 unspecified atom stereocenters. The molecular formula is C11H11NO2. The molecule has 0 saturated carbocycles. The quantitative estimate of drug-likeness (QED) is 0.689. The number of benzene rings is 1. The lowest BCUT2D eigenvalue weighted by atomic mass is 10.1. The van der Waals surface area contributed by atoms with Gasteiger partial charge in [-0.05, 0) is 18.6 Å². The Balaban J connectivity index is 2.42. The van der Waals surface area contributed by atoms with Crippen molar-refractivity contribution in [1.29, 1.82) is 0 Å². The smallest absolute Gasteiger partial charge is 0.254 e. The molecule has 0 bridgehead atoms. The van der Waals surface area contributed by atoms with Crippen LogP contribution >= 0.6 is 0 Å². The summed E-state index contributed by atoms with van der Waals surface area (Å²) in [5.74, 6) is -0.235. The summed E-state index contributed by atoms with van der Waals surface area (Å²) in [6, 6.07) is 9.28. The van der Waals surface area contributed by atoms with Gasteiger partial charge in [-0.25, -0.2) is 0 Å². The van der Waals surface area contributed by atoms with Gasteiger partial charge in [0, 0.05) is 5.57 Å². The molecule has 0 aromatic heterocycles. The van der Waals surface area contributed by atoms with Gasteiger partial charge >= 0.3 is 0 Å². The predicted octanol–water partition coefficient (Wildman–Crippen LogP) is 0.908. The molecule has 0 fully saturated rings. The first kappa shape index (κ1) is 8.97.